The second-order valence-corrected chi connectivity index (χ2v) is 7.71. The lowest BCUT2D eigenvalue weighted by Crippen LogP contribution is -3.00. The zero-order valence-electron chi connectivity index (χ0n) is 13.5. The van der Waals surface area contributed by atoms with Crippen LogP contribution in [0.3, 0.4) is 0 Å². The molecule has 0 bridgehead atoms. The number of nitrogens with zero attached hydrogens (tertiary/aromatic N) is 4. The first-order chi connectivity index (χ1) is 12.1. The summed E-state index contributed by atoms with van der Waals surface area (Å²) in [6.07, 6.45) is 2.34. The fraction of sp³-hybridized carbons (Fsp3) is 0. The van der Waals surface area contributed by atoms with Gasteiger partial charge >= 0.3 is 11.4 Å². The van der Waals surface area contributed by atoms with Gasteiger partial charge in [0.05, 0.1) is 12.1 Å². The van der Waals surface area contributed by atoms with E-state index in [9.17, 15) is 25.9 Å². The maximum atomic E-state index is 11.5. The Morgan fingerprint density at radius 1 is 0.714 bits per heavy atom. The van der Waals surface area contributed by atoms with Gasteiger partial charge in [-0.15, -0.1) is 0 Å². The molecule has 14 heteroatoms. The van der Waals surface area contributed by atoms with E-state index in [1.54, 1.807) is 0 Å². The van der Waals surface area contributed by atoms with Crippen molar-refractivity contribution in [2.24, 2.45) is 0 Å². The molecular weight excluding hydrogens is 455 g/mol. The van der Waals surface area contributed by atoms with Crippen LogP contribution in [0.1, 0.15) is 11.1 Å². The molecule has 0 saturated heterocycles. The summed E-state index contributed by atoms with van der Waals surface area (Å²) in [5.74, 6) is 0. The van der Waals surface area contributed by atoms with Gasteiger partial charge in [-0.25, -0.2) is 0 Å². The summed E-state index contributed by atoms with van der Waals surface area (Å²) in [5, 5.41) is 17.4. The van der Waals surface area contributed by atoms with Crippen molar-refractivity contribution >= 4 is 43.8 Å². The van der Waals surface area contributed by atoms with E-state index in [1.165, 1.54) is 36.4 Å². The lowest BCUT2D eigenvalue weighted by atomic mass is 10.1. The molecule has 0 aliphatic rings. The molecule has 0 unspecified atom stereocenters. The first kappa shape index (κ1) is 25.4. The van der Waals surface area contributed by atoms with Crippen LogP contribution in [-0.2, 0) is 20.2 Å². The highest BCUT2D eigenvalue weighted by molar-refractivity contribution is 7.86. The second kappa shape index (κ2) is 9.57. The van der Waals surface area contributed by atoms with Gasteiger partial charge in [-0.1, -0.05) is 12.2 Å². The zero-order valence-corrected chi connectivity index (χ0v) is 16.7. The van der Waals surface area contributed by atoms with Crippen LogP contribution in [0, 0.1) is 10.8 Å². The number of hydrogen-bond donors (Lipinski definition) is 2. The molecule has 0 saturated carbocycles. The van der Waals surface area contributed by atoms with Gasteiger partial charge in [0.1, 0.15) is 9.79 Å². The Kier molecular flexibility index (Phi) is 8.68. The van der Waals surface area contributed by atoms with Crippen molar-refractivity contribution in [2.75, 3.05) is 0 Å². The summed E-state index contributed by atoms with van der Waals surface area (Å²) in [4.78, 5) is 4.51. The largest absolute Gasteiger partial charge is 1.00 e. The highest BCUT2D eigenvalue weighted by atomic mass is 35.5. The van der Waals surface area contributed by atoms with E-state index >= 15 is 0 Å². The third kappa shape index (κ3) is 5.97. The highest BCUT2D eigenvalue weighted by Crippen LogP contribution is 2.27. The Bertz CT molecular complexity index is 1120. The SMILES string of the molecule is N#[N+]c1ccc(/C=C/c2ccc([N+]#N)cc2S(=O)(=O)O)c(S(=O)(=O)O)c1.[Cl-].[Cl-]. The number of benzene rings is 2. The van der Waals surface area contributed by atoms with E-state index in [0.29, 0.717) is 0 Å². The van der Waals surface area contributed by atoms with Gasteiger partial charge in [0.15, 0.2) is 9.95 Å². The molecule has 0 aliphatic carbocycles. The van der Waals surface area contributed by atoms with E-state index in [-0.39, 0.29) is 47.3 Å². The van der Waals surface area contributed by atoms with Crippen molar-refractivity contribution in [3.05, 3.63) is 57.5 Å². The Morgan fingerprint density at radius 3 is 1.29 bits per heavy atom. The van der Waals surface area contributed by atoms with Crippen molar-refractivity contribution in [3.63, 3.8) is 0 Å². The van der Waals surface area contributed by atoms with E-state index in [0.717, 1.165) is 12.1 Å². The van der Waals surface area contributed by atoms with Crippen LogP contribution in [0.25, 0.3) is 22.1 Å². The molecule has 0 aliphatic heterocycles. The number of halogens is 2. The van der Waals surface area contributed by atoms with Crippen molar-refractivity contribution in [1.29, 1.82) is 10.8 Å². The van der Waals surface area contributed by atoms with Gasteiger partial charge in [-0.3, -0.25) is 9.11 Å². The van der Waals surface area contributed by atoms with E-state index in [1.807, 2.05) is 0 Å². The predicted octanol–water partition coefficient (Wildman–Crippen LogP) is -2.67. The van der Waals surface area contributed by atoms with E-state index in [2.05, 4.69) is 9.95 Å². The van der Waals surface area contributed by atoms with Crippen LogP contribution >= 0.6 is 0 Å². The van der Waals surface area contributed by atoms with Crippen molar-refractivity contribution in [1.82, 2.24) is 0 Å². The fourth-order valence-corrected chi connectivity index (χ4v) is 3.48. The number of diazo groups is 2. The topological polar surface area (TPSA) is 165 Å². The van der Waals surface area contributed by atoms with Gasteiger partial charge in [-0.2, -0.15) is 16.8 Å². The normalized spacial score (nSPS) is 11.0. The summed E-state index contributed by atoms with van der Waals surface area (Å²) in [6, 6.07) is 6.77. The maximum Gasteiger partial charge on any atom is 0.386 e. The van der Waals surface area contributed by atoms with E-state index in [4.69, 9.17) is 10.8 Å². The minimum absolute atomic E-state index is 0. The van der Waals surface area contributed by atoms with Gasteiger partial charge in [0, 0.05) is 12.1 Å². The fourth-order valence-electron chi connectivity index (χ4n) is 2.07. The Balaban J connectivity index is 0.00000364. The van der Waals surface area contributed by atoms with Crippen molar-refractivity contribution < 1.29 is 50.8 Å². The average Bonchev–Trinajstić information content (AvgIpc) is 2.58. The van der Waals surface area contributed by atoms with Crippen LogP contribution in [0.2, 0.25) is 0 Å². The molecule has 0 atom stereocenters. The lowest BCUT2D eigenvalue weighted by Gasteiger charge is -2.03. The first-order valence-corrected chi connectivity index (χ1v) is 9.55. The minimum Gasteiger partial charge on any atom is -1.00 e. The Labute approximate surface area is 172 Å². The predicted molar refractivity (Wildman–Crippen MR) is 90.9 cm³/mol. The molecule has 2 N–H and O–H groups in total. The standard InChI is InChI=1S/C14H8N4O6S2.2ClH/c15-17-11-5-3-9(13(7-11)25(19,20)21)1-2-10-4-6-12(18-16)8-14(10)26(22,23)24;;/h1-8H;2*1H/b2-1+;;. The molecule has 0 amide bonds. The van der Waals surface area contributed by atoms with E-state index < -0.39 is 30.0 Å². The Hall–Kier alpha value is -2.58. The molecule has 0 heterocycles. The van der Waals surface area contributed by atoms with Crippen LogP contribution in [0.15, 0.2) is 46.2 Å². The van der Waals surface area contributed by atoms with Crippen LogP contribution < -0.4 is 24.8 Å². The first-order valence-electron chi connectivity index (χ1n) is 6.67. The zero-order chi connectivity index (χ0) is 19.5. The third-order valence-electron chi connectivity index (χ3n) is 3.22. The summed E-state index contributed by atoms with van der Waals surface area (Å²) >= 11 is 0. The van der Waals surface area contributed by atoms with Crippen LogP contribution in [0.4, 0.5) is 11.4 Å². The number of rotatable bonds is 4. The molecule has 28 heavy (non-hydrogen) atoms. The Morgan fingerprint density at radius 2 is 1.04 bits per heavy atom. The molecule has 0 fully saturated rings. The van der Waals surface area contributed by atoms with Gasteiger partial charge < -0.3 is 24.8 Å². The van der Waals surface area contributed by atoms with Gasteiger partial charge in [0.2, 0.25) is 10.8 Å². The molecule has 2 aromatic rings. The quantitative estimate of drug-likeness (QED) is 0.280. The molecule has 2 rings (SSSR count). The maximum absolute atomic E-state index is 11.5. The lowest BCUT2D eigenvalue weighted by molar-refractivity contribution is -0.00100. The smallest absolute Gasteiger partial charge is 0.386 e. The molecule has 148 valence electrons. The second-order valence-electron chi connectivity index (χ2n) is 4.93. The minimum atomic E-state index is -4.66. The van der Waals surface area contributed by atoms with Crippen molar-refractivity contribution in [3.8, 4) is 0 Å². The molecule has 0 spiro atoms. The molecule has 10 nitrogen and oxygen atoms in total. The highest BCUT2D eigenvalue weighted by Gasteiger charge is 2.21. The van der Waals surface area contributed by atoms with Crippen LogP contribution in [0.5, 0.6) is 0 Å². The monoisotopic (exact) mass is 464 g/mol. The molecule has 0 radical (unpaired) electrons. The summed E-state index contributed by atoms with van der Waals surface area (Å²) < 4.78 is 64.4. The third-order valence-corrected chi connectivity index (χ3v) is 5.04. The van der Waals surface area contributed by atoms with Gasteiger partial charge in [-0.05, 0) is 23.3 Å². The summed E-state index contributed by atoms with van der Waals surface area (Å²) in [6.45, 7) is 0. The number of hydrogen-bond acceptors (Lipinski definition) is 6. The summed E-state index contributed by atoms with van der Waals surface area (Å²) in [5.41, 5.74) is -0.307. The molecule has 0 aromatic heterocycles. The van der Waals surface area contributed by atoms with Crippen LogP contribution in [-0.4, -0.2) is 25.9 Å². The van der Waals surface area contributed by atoms with Gasteiger partial charge in [0.25, 0.3) is 20.2 Å². The molecule has 2 aromatic carbocycles. The van der Waals surface area contributed by atoms with Crippen molar-refractivity contribution in [2.45, 2.75) is 9.79 Å². The summed E-state index contributed by atoms with van der Waals surface area (Å²) in [7, 11) is -9.32. The molecular formula is C14H10Cl2N4O6S2. The average molecular weight is 465 g/mol.